The number of ether oxygens (including phenoxy) is 1. The van der Waals surface area contributed by atoms with Gasteiger partial charge in [0.1, 0.15) is 17.9 Å². The molecule has 172 valence electrons. The fraction of sp³-hybridized carbons (Fsp3) is 0.391. The van der Waals surface area contributed by atoms with E-state index in [0.29, 0.717) is 43.3 Å². The Balaban J connectivity index is 1.55. The van der Waals surface area contributed by atoms with Crippen LogP contribution in [0.3, 0.4) is 0 Å². The Hall–Kier alpha value is -3.69. The molecular formula is C23H24FN5O4. The topological polar surface area (TPSA) is 101 Å². The summed E-state index contributed by atoms with van der Waals surface area (Å²) in [6, 6.07) is 2.86. The number of hydrogen-bond donors (Lipinski definition) is 1. The van der Waals surface area contributed by atoms with Gasteiger partial charge in [-0.25, -0.2) is 19.2 Å². The molecule has 0 unspecified atom stereocenters. The average Bonchev–Trinajstić information content (AvgIpc) is 2.76. The predicted molar refractivity (Wildman–Crippen MR) is 121 cm³/mol. The van der Waals surface area contributed by atoms with E-state index in [1.807, 2.05) is 31.7 Å². The average molecular weight is 453 g/mol. The summed E-state index contributed by atoms with van der Waals surface area (Å²) in [5.41, 5.74) is 1.43. The first kappa shape index (κ1) is 21.2. The molecule has 1 atom stereocenters. The standard InChI is InChI=1S/C23H24FN5O4/c1-12-8-13(2)26-23(25-12)28-6-4-27(5-7-28)19-17(24)9-15-18-21(19)33-11-14(3)29(18)10-16(20(15)30)22(31)32/h8-10,14H,4-7,11H2,1-3H3,(H,31,32)/t14-/m0/s1. The van der Waals surface area contributed by atoms with Crippen LogP contribution in [0.4, 0.5) is 16.0 Å². The number of hydrogen-bond acceptors (Lipinski definition) is 7. The molecule has 0 radical (unpaired) electrons. The molecule has 10 heteroatoms. The van der Waals surface area contributed by atoms with Crippen LogP contribution in [-0.4, -0.2) is 58.4 Å². The number of rotatable bonds is 3. The van der Waals surface area contributed by atoms with Crippen LogP contribution in [0.15, 0.2) is 23.1 Å². The van der Waals surface area contributed by atoms with E-state index >= 15 is 4.39 Å². The summed E-state index contributed by atoms with van der Waals surface area (Å²) >= 11 is 0. The largest absolute Gasteiger partial charge is 0.487 e. The van der Waals surface area contributed by atoms with Crippen LogP contribution in [0, 0.1) is 19.7 Å². The van der Waals surface area contributed by atoms with E-state index < -0.39 is 17.2 Å². The van der Waals surface area contributed by atoms with Crippen molar-refractivity contribution in [2.24, 2.45) is 0 Å². The monoisotopic (exact) mass is 453 g/mol. The maximum absolute atomic E-state index is 15.4. The zero-order valence-electron chi connectivity index (χ0n) is 18.6. The van der Waals surface area contributed by atoms with Crippen molar-refractivity contribution in [3.63, 3.8) is 0 Å². The summed E-state index contributed by atoms with van der Waals surface area (Å²) in [6.45, 7) is 8.20. The Bertz CT molecular complexity index is 1330. The van der Waals surface area contributed by atoms with E-state index in [0.717, 1.165) is 17.5 Å². The number of halogens is 1. The van der Waals surface area contributed by atoms with E-state index in [1.165, 1.54) is 6.20 Å². The molecule has 33 heavy (non-hydrogen) atoms. The van der Waals surface area contributed by atoms with E-state index in [-0.39, 0.29) is 29.3 Å². The van der Waals surface area contributed by atoms with Crippen LogP contribution >= 0.6 is 0 Å². The second kappa shape index (κ2) is 7.72. The number of carboxylic acids is 1. The quantitative estimate of drug-likeness (QED) is 0.646. The smallest absolute Gasteiger partial charge is 0.341 e. The molecule has 1 N–H and O–H groups in total. The summed E-state index contributed by atoms with van der Waals surface area (Å²) in [5.74, 6) is -0.990. The zero-order valence-corrected chi connectivity index (χ0v) is 18.6. The Morgan fingerprint density at radius 2 is 1.76 bits per heavy atom. The van der Waals surface area contributed by atoms with Gasteiger partial charge < -0.3 is 24.2 Å². The van der Waals surface area contributed by atoms with Crippen LogP contribution in [0.25, 0.3) is 10.9 Å². The number of aromatic carboxylic acids is 1. The van der Waals surface area contributed by atoms with E-state index in [9.17, 15) is 14.7 Å². The maximum atomic E-state index is 15.4. The van der Waals surface area contributed by atoms with Gasteiger partial charge in [-0.05, 0) is 32.9 Å². The van der Waals surface area contributed by atoms with Crippen LogP contribution < -0.4 is 20.0 Å². The zero-order chi connectivity index (χ0) is 23.4. The number of carbonyl (C=O) groups is 1. The molecule has 2 aliphatic rings. The highest BCUT2D eigenvalue weighted by atomic mass is 19.1. The highest BCUT2D eigenvalue weighted by molar-refractivity contribution is 5.97. The van der Waals surface area contributed by atoms with Gasteiger partial charge in [-0.2, -0.15) is 0 Å². The Morgan fingerprint density at radius 3 is 2.39 bits per heavy atom. The van der Waals surface area contributed by atoms with Crippen molar-refractivity contribution in [1.82, 2.24) is 14.5 Å². The summed E-state index contributed by atoms with van der Waals surface area (Å²) in [5, 5.41) is 9.45. The highest BCUT2D eigenvalue weighted by Crippen LogP contribution is 2.42. The van der Waals surface area contributed by atoms with Crippen molar-refractivity contribution in [2.45, 2.75) is 26.8 Å². The maximum Gasteiger partial charge on any atom is 0.341 e. The predicted octanol–water partition coefficient (Wildman–Crippen LogP) is 2.53. The van der Waals surface area contributed by atoms with Gasteiger partial charge in [0, 0.05) is 43.8 Å². The van der Waals surface area contributed by atoms with Crippen molar-refractivity contribution < 1.29 is 19.0 Å². The second-order valence-electron chi connectivity index (χ2n) is 8.60. The highest BCUT2D eigenvalue weighted by Gasteiger charge is 2.31. The third-order valence-corrected chi connectivity index (χ3v) is 6.22. The molecular weight excluding hydrogens is 429 g/mol. The minimum absolute atomic E-state index is 0.0139. The van der Waals surface area contributed by atoms with Gasteiger partial charge in [-0.15, -0.1) is 0 Å². The minimum atomic E-state index is -1.33. The summed E-state index contributed by atoms with van der Waals surface area (Å²) < 4.78 is 23.0. The van der Waals surface area contributed by atoms with E-state index in [1.54, 1.807) is 4.57 Å². The number of aryl methyl sites for hydroxylation is 2. The van der Waals surface area contributed by atoms with Crippen molar-refractivity contribution in [3.8, 4) is 5.75 Å². The van der Waals surface area contributed by atoms with Crippen molar-refractivity contribution in [3.05, 3.63) is 51.3 Å². The molecule has 1 saturated heterocycles. The summed E-state index contributed by atoms with van der Waals surface area (Å²) in [6.07, 6.45) is 1.33. The number of anilines is 2. The van der Waals surface area contributed by atoms with E-state index in [4.69, 9.17) is 4.74 Å². The fourth-order valence-electron chi connectivity index (χ4n) is 4.64. The Morgan fingerprint density at radius 1 is 1.12 bits per heavy atom. The van der Waals surface area contributed by atoms with Gasteiger partial charge in [-0.3, -0.25) is 4.79 Å². The van der Waals surface area contributed by atoms with Crippen molar-refractivity contribution in [1.29, 1.82) is 0 Å². The van der Waals surface area contributed by atoms with Crippen LogP contribution in [0.5, 0.6) is 5.75 Å². The number of piperazine rings is 1. The first-order valence-corrected chi connectivity index (χ1v) is 10.8. The first-order chi connectivity index (χ1) is 15.7. The molecule has 1 aromatic carbocycles. The normalized spacial score (nSPS) is 17.9. The molecule has 2 aromatic heterocycles. The van der Waals surface area contributed by atoms with Gasteiger partial charge in [0.15, 0.2) is 11.6 Å². The molecule has 0 spiro atoms. The van der Waals surface area contributed by atoms with E-state index in [2.05, 4.69) is 14.9 Å². The molecule has 5 rings (SSSR count). The molecule has 9 nitrogen and oxygen atoms in total. The lowest BCUT2D eigenvalue weighted by Crippen LogP contribution is -2.47. The first-order valence-electron chi connectivity index (χ1n) is 10.8. The Labute approximate surface area is 189 Å². The Kier molecular flexibility index (Phi) is 4.95. The van der Waals surface area contributed by atoms with Crippen LogP contribution in [0.2, 0.25) is 0 Å². The van der Waals surface area contributed by atoms with Gasteiger partial charge in [-0.1, -0.05) is 0 Å². The van der Waals surface area contributed by atoms with Gasteiger partial charge in [0.2, 0.25) is 11.4 Å². The number of pyridine rings is 1. The number of carboxylic acid groups (broad SMARTS) is 1. The molecule has 3 aromatic rings. The van der Waals surface area contributed by atoms with Crippen LogP contribution in [-0.2, 0) is 0 Å². The second-order valence-corrected chi connectivity index (χ2v) is 8.60. The third kappa shape index (κ3) is 3.46. The molecule has 1 fully saturated rings. The number of benzene rings is 1. The molecule has 2 aliphatic heterocycles. The third-order valence-electron chi connectivity index (χ3n) is 6.22. The molecule has 0 aliphatic carbocycles. The SMILES string of the molecule is Cc1cc(C)nc(N2CCN(c3c(F)cc4c(=O)c(C(=O)O)cn5c4c3OC[C@@H]5C)CC2)n1. The lowest BCUT2D eigenvalue weighted by atomic mass is 10.1. The fourth-order valence-corrected chi connectivity index (χ4v) is 4.64. The lowest BCUT2D eigenvalue weighted by molar-refractivity contribution is 0.0694. The van der Waals surface area contributed by atoms with Crippen molar-refractivity contribution in [2.75, 3.05) is 42.6 Å². The number of nitrogens with zero attached hydrogens (tertiary/aromatic N) is 5. The molecule has 0 amide bonds. The number of aromatic nitrogens is 3. The summed E-state index contributed by atoms with van der Waals surface area (Å²) in [7, 11) is 0. The molecule has 0 bridgehead atoms. The van der Waals surface area contributed by atoms with Gasteiger partial charge in [0.05, 0.1) is 16.9 Å². The van der Waals surface area contributed by atoms with Gasteiger partial charge >= 0.3 is 5.97 Å². The van der Waals surface area contributed by atoms with Crippen LogP contribution in [0.1, 0.15) is 34.7 Å². The summed E-state index contributed by atoms with van der Waals surface area (Å²) in [4.78, 5) is 37.3. The minimum Gasteiger partial charge on any atom is -0.487 e. The lowest BCUT2D eigenvalue weighted by Gasteiger charge is -2.38. The van der Waals surface area contributed by atoms with Crippen molar-refractivity contribution >= 4 is 28.5 Å². The molecule has 4 heterocycles. The molecule has 0 saturated carbocycles. The van der Waals surface area contributed by atoms with Gasteiger partial charge in [0.25, 0.3) is 0 Å².